The first-order valence-electron chi connectivity index (χ1n) is 7.50. The van der Waals surface area contributed by atoms with E-state index in [0.717, 1.165) is 19.3 Å². The molecule has 0 aromatic heterocycles. The fourth-order valence-corrected chi connectivity index (χ4v) is 2.97. The standard InChI is InChI=1S/C15H26N2O4/c1-5-11-7-6-10(2)17(11)14(21)16-12(18)8-15(3,4)9-13(19)20/h10-11H,5-9H2,1-4H3,(H,19,20)(H,16,18,21). The molecule has 120 valence electrons. The molecular weight excluding hydrogens is 272 g/mol. The highest BCUT2D eigenvalue weighted by Crippen LogP contribution is 2.27. The van der Waals surface area contributed by atoms with Gasteiger partial charge in [-0.1, -0.05) is 20.8 Å². The van der Waals surface area contributed by atoms with Gasteiger partial charge in [-0.15, -0.1) is 0 Å². The van der Waals surface area contributed by atoms with E-state index < -0.39 is 17.3 Å². The number of nitrogens with one attached hydrogen (secondary N) is 1. The van der Waals surface area contributed by atoms with Crippen molar-refractivity contribution < 1.29 is 19.5 Å². The minimum atomic E-state index is -0.946. The molecule has 2 unspecified atom stereocenters. The maximum Gasteiger partial charge on any atom is 0.324 e. The first kappa shape index (κ1) is 17.5. The maximum absolute atomic E-state index is 12.2. The number of imide groups is 1. The van der Waals surface area contributed by atoms with Crippen LogP contribution in [-0.2, 0) is 9.59 Å². The van der Waals surface area contributed by atoms with Crippen LogP contribution in [-0.4, -0.2) is 40.0 Å². The minimum Gasteiger partial charge on any atom is -0.481 e. The Kier molecular flexibility index (Phi) is 5.75. The second kappa shape index (κ2) is 6.91. The summed E-state index contributed by atoms with van der Waals surface area (Å²) in [5, 5.41) is 11.2. The third-order valence-corrected chi connectivity index (χ3v) is 4.01. The molecule has 1 heterocycles. The monoisotopic (exact) mass is 298 g/mol. The normalized spacial score (nSPS) is 22.2. The summed E-state index contributed by atoms with van der Waals surface area (Å²) in [7, 11) is 0. The van der Waals surface area contributed by atoms with E-state index in [2.05, 4.69) is 5.32 Å². The van der Waals surface area contributed by atoms with Gasteiger partial charge in [0.25, 0.3) is 0 Å². The number of urea groups is 1. The van der Waals surface area contributed by atoms with Crippen molar-refractivity contribution in [1.82, 2.24) is 10.2 Å². The highest BCUT2D eigenvalue weighted by molar-refractivity contribution is 5.95. The lowest BCUT2D eigenvalue weighted by Gasteiger charge is -2.28. The largest absolute Gasteiger partial charge is 0.481 e. The number of hydrogen-bond acceptors (Lipinski definition) is 3. The molecule has 1 aliphatic rings. The lowest BCUT2D eigenvalue weighted by Crippen LogP contribution is -2.48. The third-order valence-electron chi connectivity index (χ3n) is 4.01. The van der Waals surface area contributed by atoms with E-state index in [1.54, 1.807) is 18.7 Å². The molecule has 21 heavy (non-hydrogen) atoms. The van der Waals surface area contributed by atoms with Crippen molar-refractivity contribution in [2.45, 2.75) is 71.9 Å². The number of nitrogens with zero attached hydrogens (tertiary/aromatic N) is 1. The van der Waals surface area contributed by atoms with Gasteiger partial charge in [-0.25, -0.2) is 4.79 Å². The van der Waals surface area contributed by atoms with Crippen LogP contribution in [0.4, 0.5) is 4.79 Å². The Morgan fingerprint density at radius 3 is 2.38 bits per heavy atom. The summed E-state index contributed by atoms with van der Waals surface area (Å²) >= 11 is 0. The lowest BCUT2D eigenvalue weighted by molar-refractivity contribution is -0.139. The molecule has 6 heteroatoms. The van der Waals surface area contributed by atoms with Gasteiger partial charge in [0, 0.05) is 18.5 Å². The molecule has 0 bridgehead atoms. The smallest absolute Gasteiger partial charge is 0.324 e. The third kappa shape index (κ3) is 5.02. The molecule has 0 radical (unpaired) electrons. The number of carboxylic acids is 1. The summed E-state index contributed by atoms with van der Waals surface area (Å²) < 4.78 is 0. The molecule has 0 aliphatic carbocycles. The Hall–Kier alpha value is -1.59. The van der Waals surface area contributed by atoms with E-state index in [0.29, 0.717) is 0 Å². The van der Waals surface area contributed by atoms with Crippen LogP contribution in [0.2, 0.25) is 0 Å². The van der Waals surface area contributed by atoms with E-state index in [1.165, 1.54) is 0 Å². The highest BCUT2D eigenvalue weighted by atomic mass is 16.4. The summed E-state index contributed by atoms with van der Waals surface area (Å²) in [6, 6.07) is -0.0439. The lowest BCUT2D eigenvalue weighted by atomic mass is 9.85. The van der Waals surface area contributed by atoms with Crippen LogP contribution >= 0.6 is 0 Å². The van der Waals surface area contributed by atoms with Gasteiger partial charge in [-0.3, -0.25) is 14.9 Å². The zero-order valence-corrected chi connectivity index (χ0v) is 13.3. The first-order valence-corrected chi connectivity index (χ1v) is 7.50. The molecule has 6 nitrogen and oxygen atoms in total. The quantitative estimate of drug-likeness (QED) is 0.816. The molecule has 1 rings (SSSR count). The van der Waals surface area contributed by atoms with Gasteiger partial charge >= 0.3 is 12.0 Å². The average Bonchev–Trinajstić information content (AvgIpc) is 2.67. The first-order chi connectivity index (χ1) is 9.66. The molecular formula is C15H26N2O4. The van der Waals surface area contributed by atoms with Gasteiger partial charge in [0.15, 0.2) is 0 Å². The van der Waals surface area contributed by atoms with Crippen molar-refractivity contribution >= 4 is 17.9 Å². The summed E-state index contributed by atoms with van der Waals surface area (Å²) in [5.74, 6) is -1.36. The SMILES string of the molecule is CCC1CCC(C)N1C(=O)NC(=O)CC(C)(C)CC(=O)O. The molecule has 0 spiro atoms. The second-order valence-corrected chi connectivity index (χ2v) is 6.66. The molecule has 2 N–H and O–H groups in total. The van der Waals surface area contributed by atoms with Crippen molar-refractivity contribution in [3.63, 3.8) is 0 Å². The number of carbonyl (C=O) groups excluding carboxylic acids is 2. The fraction of sp³-hybridized carbons (Fsp3) is 0.800. The highest BCUT2D eigenvalue weighted by Gasteiger charge is 2.34. The molecule has 1 fully saturated rings. The summed E-state index contributed by atoms with van der Waals surface area (Å²) in [5.41, 5.74) is -0.670. The Labute approximate surface area is 125 Å². The second-order valence-electron chi connectivity index (χ2n) is 6.66. The van der Waals surface area contributed by atoms with Crippen molar-refractivity contribution in [3.05, 3.63) is 0 Å². The van der Waals surface area contributed by atoms with E-state index >= 15 is 0 Å². The van der Waals surface area contributed by atoms with Crippen LogP contribution < -0.4 is 5.32 Å². The van der Waals surface area contributed by atoms with E-state index in [1.807, 2.05) is 13.8 Å². The predicted molar refractivity (Wildman–Crippen MR) is 78.8 cm³/mol. The van der Waals surface area contributed by atoms with Crippen molar-refractivity contribution in [1.29, 1.82) is 0 Å². The van der Waals surface area contributed by atoms with Gasteiger partial charge in [-0.2, -0.15) is 0 Å². The maximum atomic E-state index is 12.2. The van der Waals surface area contributed by atoms with Crippen molar-refractivity contribution in [2.24, 2.45) is 5.41 Å². The van der Waals surface area contributed by atoms with Gasteiger partial charge < -0.3 is 10.0 Å². The molecule has 3 amide bonds. The van der Waals surface area contributed by atoms with Gasteiger partial charge in [-0.05, 0) is 31.6 Å². The number of likely N-dealkylation sites (tertiary alicyclic amines) is 1. The number of rotatable bonds is 5. The zero-order chi connectivity index (χ0) is 16.2. The Morgan fingerprint density at radius 1 is 1.24 bits per heavy atom. The van der Waals surface area contributed by atoms with Crippen LogP contribution in [0.1, 0.15) is 59.8 Å². The number of carboxylic acid groups (broad SMARTS) is 1. The van der Waals surface area contributed by atoms with Gasteiger partial charge in [0.2, 0.25) is 5.91 Å². The molecule has 0 aromatic carbocycles. The van der Waals surface area contributed by atoms with Crippen LogP contribution in [0.3, 0.4) is 0 Å². The predicted octanol–water partition coefficient (Wildman–Crippen LogP) is 2.38. The molecule has 0 saturated carbocycles. The van der Waals surface area contributed by atoms with Crippen molar-refractivity contribution in [2.75, 3.05) is 0 Å². The van der Waals surface area contributed by atoms with Crippen LogP contribution in [0.15, 0.2) is 0 Å². The van der Waals surface area contributed by atoms with Gasteiger partial charge in [0.1, 0.15) is 0 Å². The summed E-state index contributed by atoms with van der Waals surface area (Å²) in [6.45, 7) is 7.42. The van der Waals surface area contributed by atoms with Crippen LogP contribution in [0.25, 0.3) is 0 Å². The number of aliphatic carboxylic acids is 1. The topological polar surface area (TPSA) is 86.7 Å². The summed E-state index contributed by atoms with van der Waals surface area (Å²) in [4.78, 5) is 36.7. The van der Waals surface area contributed by atoms with Crippen molar-refractivity contribution in [3.8, 4) is 0 Å². The van der Waals surface area contributed by atoms with E-state index in [-0.39, 0.29) is 31.0 Å². The fourth-order valence-electron chi connectivity index (χ4n) is 2.97. The molecule has 0 aromatic rings. The zero-order valence-electron chi connectivity index (χ0n) is 13.3. The van der Waals surface area contributed by atoms with Crippen LogP contribution in [0.5, 0.6) is 0 Å². The van der Waals surface area contributed by atoms with E-state index in [4.69, 9.17) is 5.11 Å². The van der Waals surface area contributed by atoms with Gasteiger partial charge in [0.05, 0.1) is 6.42 Å². The van der Waals surface area contributed by atoms with E-state index in [9.17, 15) is 14.4 Å². The number of carbonyl (C=O) groups is 3. The molecule has 1 saturated heterocycles. The summed E-state index contributed by atoms with van der Waals surface area (Å²) in [6.07, 6.45) is 2.70. The molecule has 2 atom stereocenters. The average molecular weight is 298 g/mol. The Balaban J connectivity index is 2.58. The minimum absolute atomic E-state index is 0.0179. The van der Waals surface area contributed by atoms with Crippen LogP contribution in [0, 0.1) is 5.41 Å². The number of hydrogen-bond donors (Lipinski definition) is 2. The number of amides is 3. The molecule has 1 aliphatic heterocycles. The Morgan fingerprint density at radius 2 is 1.86 bits per heavy atom. The Bertz CT molecular complexity index is 420.